The Balaban J connectivity index is 2.92. The fourth-order valence-corrected chi connectivity index (χ4v) is 1.16. The van der Waals surface area contributed by atoms with E-state index in [0.29, 0.717) is 11.3 Å². The number of carbonyl (C=O) groups excluding carboxylic acids is 1. The van der Waals surface area contributed by atoms with Crippen molar-refractivity contribution in [1.29, 1.82) is 0 Å². The number of rotatable bonds is 1. The molecule has 60 valence electrons. The molecule has 0 amide bonds. The molecule has 4 heteroatoms. The summed E-state index contributed by atoms with van der Waals surface area (Å²) >= 11 is 11.1. The summed E-state index contributed by atoms with van der Waals surface area (Å²) in [6, 6.07) is 0. The number of aldehydes is 1. The highest BCUT2D eigenvalue weighted by atomic mass is 35.5. The standard InChI is InChI=1S/C7H6Cl2O2/c8-6-1-2-7(9,11)5(3-6)4-10/h1-5,11H. The molecule has 1 N–H and O–H groups in total. The molecule has 0 aliphatic heterocycles. The average molecular weight is 193 g/mol. The van der Waals surface area contributed by atoms with Crippen LogP contribution >= 0.6 is 23.2 Å². The van der Waals surface area contributed by atoms with Crippen molar-refractivity contribution in [3.05, 3.63) is 23.3 Å². The van der Waals surface area contributed by atoms with Gasteiger partial charge >= 0.3 is 0 Å². The summed E-state index contributed by atoms with van der Waals surface area (Å²) in [7, 11) is 0. The van der Waals surface area contributed by atoms with E-state index >= 15 is 0 Å². The summed E-state index contributed by atoms with van der Waals surface area (Å²) in [5.41, 5.74) is 0. The Kier molecular flexibility index (Phi) is 2.37. The van der Waals surface area contributed by atoms with E-state index < -0.39 is 11.0 Å². The predicted octanol–water partition coefficient (Wildman–Crippen LogP) is 1.42. The number of carbonyl (C=O) groups is 1. The highest BCUT2D eigenvalue weighted by molar-refractivity contribution is 6.32. The Labute approximate surface area is 74.1 Å². The van der Waals surface area contributed by atoms with Crippen molar-refractivity contribution < 1.29 is 9.90 Å². The fourth-order valence-electron chi connectivity index (χ4n) is 0.786. The summed E-state index contributed by atoms with van der Waals surface area (Å²) < 4.78 is 0. The van der Waals surface area contributed by atoms with Gasteiger partial charge in [0, 0.05) is 5.03 Å². The van der Waals surface area contributed by atoms with Gasteiger partial charge < -0.3 is 9.90 Å². The van der Waals surface area contributed by atoms with Gasteiger partial charge in [0.05, 0.1) is 5.92 Å². The number of hydrogen-bond acceptors (Lipinski definition) is 2. The fraction of sp³-hybridized carbons (Fsp3) is 0.286. The lowest BCUT2D eigenvalue weighted by Crippen LogP contribution is -2.30. The number of hydrogen-bond donors (Lipinski definition) is 1. The Hall–Kier alpha value is -0.310. The summed E-state index contributed by atoms with van der Waals surface area (Å²) in [6.07, 6.45) is 4.70. The van der Waals surface area contributed by atoms with Crippen molar-refractivity contribution in [2.75, 3.05) is 0 Å². The van der Waals surface area contributed by atoms with Crippen LogP contribution in [-0.2, 0) is 4.79 Å². The molecular weight excluding hydrogens is 187 g/mol. The Morgan fingerprint density at radius 1 is 1.73 bits per heavy atom. The number of alkyl halides is 1. The third-order valence-corrected chi connectivity index (χ3v) is 2.06. The summed E-state index contributed by atoms with van der Waals surface area (Å²) in [5.74, 6) is -0.762. The topological polar surface area (TPSA) is 37.3 Å². The van der Waals surface area contributed by atoms with Crippen LogP contribution in [0, 0.1) is 5.92 Å². The van der Waals surface area contributed by atoms with Crippen LogP contribution < -0.4 is 0 Å². The molecule has 1 rings (SSSR count). The van der Waals surface area contributed by atoms with Crippen LogP contribution in [0.15, 0.2) is 23.3 Å². The maximum Gasteiger partial charge on any atom is 0.170 e. The van der Waals surface area contributed by atoms with Gasteiger partial charge in [-0.3, -0.25) is 0 Å². The van der Waals surface area contributed by atoms with Gasteiger partial charge in [-0.25, -0.2) is 0 Å². The van der Waals surface area contributed by atoms with E-state index in [2.05, 4.69) is 0 Å². The lowest BCUT2D eigenvalue weighted by atomic mass is 9.99. The van der Waals surface area contributed by atoms with Gasteiger partial charge in [0.2, 0.25) is 0 Å². The molecule has 0 spiro atoms. The second kappa shape index (κ2) is 2.97. The highest BCUT2D eigenvalue weighted by Gasteiger charge is 2.32. The molecule has 2 atom stereocenters. The van der Waals surface area contributed by atoms with E-state index in [9.17, 15) is 9.90 Å². The van der Waals surface area contributed by atoms with Crippen LogP contribution in [0.4, 0.5) is 0 Å². The van der Waals surface area contributed by atoms with Crippen LogP contribution in [0.25, 0.3) is 0 Å². The third-order valence-electron chi connectivity index (χ3n) is 1.43. The zero-order valence-corrected chi connectivity index (χ0v) is 7.01. The van der Waals surface area contributed by atoms with E-state index in [-0.39, 0.29) is 0 Å². The van der Waals surface area contributed by atoms with E-state index in [1.54, 1.807) is 0 Å². The monoisotopic (exact) mass is 192 g/mol. The minimum absolute atomic E-state index is 0.410. The van der Waals surface area contributed by atoms with Gasteiger partial charge in [0.15, 0.2) is 5.06 Å². The average Bonchev–Trinajstić information content (AvgIpc) is 1.94. The van der Waals surface area contributed by atoms with Gasteiger partial charge in [-0.05, 0) is 12.2 Å². The maximum absolute atomic E-state index is 10.3. The largest absolute Gasteiger partial charge is 0.370 e. The first-order chi connectivity index (χ1) is 5.06. The summed E-state index contributed by atoms with van der Waals surface area (Å²) in [5, 5.41) is 8.09. The zero-order valence-electron chi connectivity index (χ0n) is 5.50. The number of allylic oxidation sites excluding steroid dienone is 2. The van der Waals surface area contributed by atoms with E-state index in [4.69, 9.17) is 23.2 Å². The highest BCUT2D eigenvalue weighted by Crippen LogP contribution is 2.30. The first-order valence-corrected chi connectivity index (χ1v) is 3.75. The molecule has 0 heterocycles. The molecule has 0 bridgehead atoms. The minimum atomic E-state index is -1.61. The van der Waals surface area contributed by atoms with Crippen molar-refractivity contribution in [3.8, 4) is 0 Å². The second-order valence-corrected chi connectivity index (χ2v) is 3.32. The molecule has 1 aliphatic rings. The maximum atomic E-state index is 10.3. The van der Waals surface area contributed by atoms with Crippen LogP contribution in [-0.4, -0.2) is 16.5 Å². The molecular formula is C7H6Cl2O2. The molecule has 0 radical (unpaired) electrons. The second-order valence-electron chi connectivity index (χ2n) is 2.27. The molecule has 0 aromatic carbocycles. The Bertz CT molecular complexity index is 231. The Morgan fingerprint density at radius 2 is 2.36 bits per heavy atom. The van der Waals surface area contributed by atoms with Crippen molar-refractivity contribution in [3.63, 3.8) is 0 Å². The van der Waals surface area contributed by atoms with Gasteiger partial charge in [0.1, 0.15) is 6.29 Å². The number of aliphatic hydroxyl groups is 1. The zero-order chi connectivity index (χ0) is 8.48. The van der Waals surface area contributed by atoms with Gasteiger partial charge in [-0.15, -0.1) is 0 Å². The van der Waals surface area contributed by atoms with Crippen molar-refractivity contribution in [2.45, 2.75) is 5.06 Å². The molecule has 2 nitrogen and oxygen atoms in total. The minimum Gasteiger partial charge on any atom is -0.370 e. The third kappa shape index (κ3) is 1.83. The normalized spacial score (nSPS) is 36.6. The molecule has 0 saturated heterocycles. The van der Waals surface area contributed by atoms with Crippen molar-refractivity contribution in [1.82, 2.24) is 0 Å². The summed E-state index contributed by atoms with van der Waals surface area (Å²) in [6.45, 7) is 0. The van der Waals surface area contributed by atoms with Crippen molar-refractivity contribution >= 4 is 29.5 Å². The van der Waals surface area contributed by atoms with Crippen LogP contribution in [0.2, 0.25) is 0 Å². The molecule has 0 aromatic heterocycles. The van der Waals surface area contributed by atoms with E-state index in [1.165, 1.54) is 18.2 Å². The van der Waals surface area contributed by atoms with Crippen molar-refractivity contribution in [2.24, 2.45) is 5.92 Å². The molecule has 0 fully saturated rings. The molecule has 0 saturated carbocycles. The van der Waals surface area contributed by atoms with Crippen LogP contribution in [0.1, 0.15) is 0 Å². The molecule has 0 aromatic rings. The number of halogens is 2. The molecule has 11 heavy (non-hydrogen) atoms. The SMILES string of the molecule is O=CC1C=C(Cl)C=CC1(O)Cl. The predicted molar refractivity (Wildman–Crippen MR) is 43.4 cm³/mol. The molecule has 2 unspecified atom stereocenters. The van der Waals surface area contributed by atoms with Crippen LogP contribution in [0.3, 0.4) is 0 Å². The van der Waals surface area contributed by atoms with Crippen LogP contribution in [0.5, 0.6) is 0 Å². The van der Waals surface area contributed by atoms with E-state index in [0.717, 1.165) is 0 Å². The first kappa shape index (κ1) is 8.78. The molecule has 1 aliphatic carbocycles. The quantitative estimate of drug-likeness (QED) is 0.505. The first-order valence-electron chi connectivity index (χ1n) is 2.99. The van der Waals surface area contributed by atoms with Gasteiger partial charge in [0.25, 0.3) is 0 Å². The lowest BCUT2D eigenvalue weighted by molar-refractivity contribution is -0.112. The van der Waals surface area contributed by atoms with E-state index in [1.807, 2.05) is 0 Å². The smallest absolute Gasteiger partial charge is 0.170 e. The summed E-state index contributed by atoms with van der Waals surface area (Å²) in [4.78, 5) is 10.3. The van der Waals surface area contributed by atoms with Gasteiger partial charge in [-0.1, -0.05) is 29.3 Å². The lowest BCUT2D eigenvalue weighted by Gasteiger charge is -2.23. The Morgan fingerprint density at radius 3 is 2.82 bits per heavy atom. The van der Waals surface area contributed by atoms with Gasteiger partial charge in [-0.2, -0.15) is 0 Å².